The third-order valence-corrected chi connectivity index (χ3v) is 3.40. The van der Waals surface area contributed by atoms with E-state index in [1.165, 1.54) is 14.0 Å². The molecule has 0 bridgehead atoms. The topological polar surface area (TPSA) is 114 Å². The van der Waals surface area contributed by atoms with E-state index in [1.807, 2.05) is 6.92 Å². The van der Waals surface area contributed by atoms with Gasteiger partial charge in [0.25, 0.3) is 0 Å². The zero-order valence-electron chi connectivity index (χ0n) is 15.5. The number of methoxy groups -OCH3 is 1. The molecule has 0 spiro atoms. The van der Waals surface area contributed by atoms with Crippen molar-refractivity contribution in [2.24, 2.45) is 5.92 Å². The molecule has 0 aromatic heterocycles. The Hall–Kier alpha value is -1.83. The van der Waals surface area contributed by atoms with Crippen molar-refractivity contribution in [3.05, 3.63) is 0 Å². The molecule has 0 aliphatic carbocycles. The molecular weight excluding hydrogens is 316 g/mol. The van der Waals surface area contributed by atoms with E-state index in [9.17, 15) is 19.5 Å². The SMILES string of the molecule is CC[C@H](C)[C@H](NC(=O)[C@@H](NC(=O)OC(C)(C)C)[C@@H](C)O)C(=O)OC. The summed E-state index contributed by atoms with van der Waals surface area (Å²) in [6, 6.07) is -2.12. The van der Waals surface area contributed by atoms with Crippen LogP contribution in [-0.4, -0.2) is 54.0 Å². The molecule has 2 amide bonds. The number of esters is 1. The predicted octanol–water partition coefficient (Wildman–Crippen LogP) is 0.964. The predicted molar refractivity (Wildman–Crippen MR) is 88.2 cm³/mol. The number of hydrogen-bond acceptors (Lipinski definition) is 6. The fraction of sp³-hybridized carbons (Fsp3) is 0.812. The van der Waals surface area contributed by atoms with E-state index in [0.717, 1.165) is 0 Å². The van der Waals surface area contributed by atoms with Gasteiger partial charge < -0.3 is 25.2 Å². The van der Waals surface area contributed by atoms with E-state index < -0.39 is 41.8 Å². The number of nitrogens with one attached hydrogen (secondary N) is 2. The van der Waals surface area contributed by atoms with Gasteiger partial charge in [-0.3, -0.25) is 4.79 Å². The fourth-order valence-corrected chi connectivity index (χ4v) is 1.88. The molecule has 0 saturated carbocycles. The Morgan fingerprint density at radius 1 is 1.08 bits per heavy atom. The third-order valence-electron chi connectivity index (χ3n) is 3.40. The van der Waals surface area contributed by atoms with Crippen LogP contribution < -0.4 is 10.6 Å². The van der Waals surface area contributed by atoms with Crippen LogP contribution >= 0.6 is 0 Å². The average Bonchev–Trinajstić information content (AvgIpc) is 2.46. The van der Waals surface area contributed by atoms with Crippen molar-refractivity contribution in [3.8, 4) is 0 Å². The van der Waals surface area contributed by atoms with Crippen molar-refractivity contribution >= 4 is 18.0 Å². The van der Waals surface area contributed by atoms with Gasteiger partial charge in [0, 0.05) is 0 Å². The molecule has 0 saturated heterocycles. The lowest BCUT2D eigenvalue weighted by molar-refractivity contribution is -0.147. The highest BCUT2D eigenvalue weighted by molar-refractivity contribution is 5.90. The number of ether oxygens (including phenoxy) is 2. The molecule has 0 aliphatic rings. The van der Waals surface area contributed by atoms with Gasteiger partial charge in [-0.1, -0.05) is 20.3 Å². The van der Waals surface area contributed by atoms with E-state index in [1.54, 1.807) is 27.7 Å². The molecule has 0 heterocycles. The van der Waals surface area contributed by atoms with Gasteiger partial charge in [-0.15, -0.1) is 0 Å². The van der Waals surface area contributed by atoms with Crippen LogP contribution in [0.4, 0.5) is 4.79 Å². The molecule has 0 rings (SSSR count). The second-order valence-corrected chi connectivity index (χ2v) is 6.76. The van der Waals surface area contributed by atoms with Gasteiger partial charge in [-0.2, -0.15) is 0 Å². The molecule has 0 unspecified atom stereocenters. The summed E-state index contributed by atoms with van der Waals surface area (Å²) in [6.07, 6.45) is -1.37. The van der Waals surface area contributed by atoms with Crippen LogP contribution in [0.3, 0.4) is 0 Å². The van der Waals surface area contributed by atoms with Crippen LogP contribution in [0.2, 0.25) is 0 Å². The molecule has 8 nitrogen and oxygen atoms in total. The van der Waals surface area contributed by atoms with Gasteiger partial charge in [0.2, 0.25) is 5.91 Å². The van der Waals surface area contributed by atoms with Crippen LogP contribution in [0.1, 0.15) is 48.0 Å². The first-order valence-electron chi connectivity index (χ1n) is 7.98. The Balaban J connectivity index is 5.07. The summed E-state index contributed by atoms with van der Waals surface area (Å²) in [7, 11) is 1.23. The van der Waals surface area contributed by atoms with Gasteiger partial charge in [0.1, 0.15) is 17.7 Å². The second-order valence-electron chi connectivity index (χ2n) is 6.76. The van der Waals surface area contributed by atoms with Crippen molar-refractivity contribution in [2.75, 3.05) is 7.11 Å². The van der Waals surface area contributed by atoms with Crippen LogP contribution in [0.25, 0.3) is 0 Å². The number of amides is 2. The third kappa shape index (κ3) is 7.63. The highest BCUT2D eigenvalue weighted by Crippen LogP contribution is 2.11. The number of rotatable bonds is 7. The van der Waals surface area contributed by atoms with Crippen LogP contribution in [-0.2, 0) is 19.1 Å². The minimum absolute atomic E-state index is 0.169. The highest BCUT2D eigenvalue weighted by Gasteiger charge is 2.33. The summed E-state index contributed by atoms with van der Waals surface area (Å²) in [4.78, 5) is 36.1. The first-order chi connectivity index (χ1) is 10.9. The number of aliphatic hydroxyl groups is 1. The molecule has 8 heteroatoms. The summed E-state index contributed by atoms with van der Waals surface area (Å²) in [6.45, 7) is 10.1. The number of hydrogen-bond donors (Lipinski definition) is 3. The van der Waals surface area contributed by atoms with E-state index in [4.69, 9.17) is 9.47 Å². The minimum Gasteiger partial charge on any atom is -0.467 e. The van der Waals surface area contributed by atoms with Gasteiger partial charge in [0.05, 0.1) is 13.2 Å². The van der Waals surface area contributed by atoms with Crippen LogP contribution in [0.15, 0.2) is 0 Å². The molecule has 140 valence electrons. The average molecular weight is 346 g/mol. The molecule has 3 N–H and O–H groups in total. The Morgan fingerprint density at radius 3 is 2.00 bits per heavy atom. The maximum atomic E-state index is 12.4. The fourth-order valence-electron chi connectivity index (χ4n) is 1.88. The van der Waals surface area contributed by atoms with Gasteiger partial charge in [-0.05, 0) is 33.6 Å². The molecule has 4 atom stereocenters. The summed E-state index contributed by atoms with van der Waals surface area (Å²) < 4.78 is 9.77. The smallest absolute Gasteiger partial charge is 0.408 e. The normalized spacial score (nSPS) is 16.3. The molecule has 0 aromatic rings. The first kappa shape index (κ1) is 22.2. The number of alkyl carbamates (subject to hydrolysis) is 1. The van der Waals surface area contributed by atoms with E-state index in [-0.39, 0.29) is 5.92 Å². The molecule has 0 aliphatic heterocycles. The van der Waals surface area contributed by atoms with Crippen LogP contribution in [0.5, 0.6) is 0 Å². The summed E-state index contributed by atoms with van der Waals surface area (Å²) in [5.74, 6) is -1.44. The largest absolute Gasteiger partial charge is 0.467 e. The van der Waals surface area contributed by atoms with E-state index >= 15 is 0 Å². The van der Waals surface area contributed by atoms with E-state index in [0.29, 0.717) is 6.42 Å². The van der Waals surface area contributed by atoms with E-state index in [2.05, 4.69) is 10.6 Å². The van der Waals surface area contributed by atoms with Crippen molar-refractivity contribution in [2.45, 2.75) is 71.8 Å². The molecule has 0 fully saturated rings. The molecular formula is C16H30N2O6. The number of aliphatic hydroxyl groups excluding tert-OH is 1. The number of carbonyl (C=O) groups excluding carboxylic acids is 3. The molecule has 0 aromatic carbocycles. The molecule has 0 radical (unpaired) electrons. The lowest BCUT2D eigenvalue weighted by Crippen LogP contribution is -2.57. The summed E-state index contributed by atoms with van der Waals surface area (Å²) in [5.41, 5.74) is -0.741. The lowest BCUT2D eigenvalue weighted by atomic mass is 9.98. The maximum Gasteiger partial charge on any atom is 0.408 e. The van der Waals surface area contributed by atoms with Gasteiger partial charge >= 0.3 is 12.1 Å². The van der Waals surface area contributed by atoms with Crippen molar-refractivity contribution in [1.29, 1.82) is 0 Å². The Morgan fingerprint density at radius 2 is 1.62 bits per heavy atom. The Bertz CT molecular complexity index is 444. The summed E-state index contributed by atoms with van der Waals surface area (Å²) >= 11 is 0. The first-order valence-corrected chi connectivity index (χ1v) is 7.98. The second kappa shape index (κ2) is 9.46. The van der Waals surface area contributed by atoms with Crippen LogP contribution in [0, 0.1) is 5.92 Å². The zero-order valence-corrected chi connectivity index (χ0v) is 15.5. The highest BCUT2D eigenvalue weighted by atomic mass is 16.6. The van der Waals surface area contributed by atoms with Crippen molar-refractivity contribution in [3.63, 3.8) is 0 Å². The van der Waals surface area contributed by atoms with Gasteiger partial charge in [-0.25, -0.2) is 9.59 Å². The monoisotopic (exact) mass is 346 g/mol. The van der Waals surface area contributed by atoms with Crippen molar-refractivity contribution < 1.29 is 29.0 Å². The van der Waals surface area contributed by atoms with Gasteiger partial charge in [0.15, 0.2) is 0 Å². The summed E-state index contributed by atoms with van der Waals surface area (Å²) in [5, 5.41) is 14.6. The molecule has 24 heavy (non-hydrogen) atoms. The maximum absolute atomic E-state index is 12.4. The zero-order chi connectivity index (χ0) is 19.1. The lowest BCUT2D eigenvalue weighted by Gasteiger charge is -2.27. The van der Waals surface area contributed by atoms with Crippen molar-refractivity contribution in [1.82, 2.24) is 10.6 Å². The minimum atomic E-state index is -1.25. The Labute approximate surface area is 143 Å². The number of carbonyl (C=O) groups is 3. The Kier molecular flexibility index (Phi) is 8.74. The standard InChI is InChI=1S/C16H30N2O6/c1-8-9(2)11(14(21)23-7)17-13(20)12(10(3)19)18-15(22)24-16(4,5)6/h9-12,19H,8H2,1-7H3,(H,17,20)(H,18,22)/t9-,10+,11-,12-/m0/s1. The quantitative estimate of drug-likeness (QED) is 0.592.